The molecule has 2 aliphatic heterocycles. The summed E-state index contributed by atoms with van der Waals surface area (Å²) in [5.41, 5.74) is 9.91. The molecule has 0 unspecified atom stereocenters. The Kier molecular flexibility index (Phi) is 3.09. The van der Waals surface area contributed by atoms with Gasteiger partial charge in [-0.25, -0.2) is 0 Å². The molecule has 0 spiro atoms. The summed E-state index contributed by atoms with van der Waals surface area (Å²) < 4.78 is 5.55. The molecule has 0 saturated carbocycles. The molecule has 5 heteroatoms. The van der Waals surface area contributed by atoms with Gasteiger partial charge in [-0.05, 0) is 38.0 Å². The van der Waals surface area contributed by atoms with Crippen LogP contribution < -0.4 is 16.0 Å². The van der Waals surface area contributed by atoms with Gasteiger partial charge in [-0.1, -0.05) is 0 Å². The molecule has 0 aliphatic carbocycles. The van der Waals surface area contributed by atoms with Gasteiger partial charge in [-0.3, -0.25) is 4.79 Å². The minimum absolute atomic E-state index is 0.0782. The molecule has 2 heterocycles. The molecule has 0 radical (unpaired) electrons. The fraction of sp³-hybridized carbons (Fsp3) is 0.533. The van der Waals surface area contributed by atoms with Gasteiger partial charge >= 0.3 is 0 Å². The van der Waals surface area contributed by atoms with Crippen molar-refractivity contribution in [3.8, 4) is 0 Å². The molecule has 3 rings (SSSR count). The van der Waals surface area contributed by atoms with Gasteiger partial charge in [0.1, 0.15) is 0 Å². The van der Waals surface area contributed by atoms with Crippen LogP contribution in [-0.4, -0.2) is 31.2 Å². The van der Waals surface area contributed by atoms with Crippen molar-refractivity contribution < 1.29 is 9.53 Å². The summed E-state index contributed by atoms with van der Waals surface area (Å²) in [7, 11) is 0. The smallest absolute Gasteiger partial charge is 0.224 e. The Bertz CT molecular complexity index is 554. The zero-order valence-corrected chi connectivity index (χ0v) is 12.0. The summed E-state index contributed by atoms with van der Waals surface area (Å²) in [5.74, 6) is 0.0782. The first-order chi connectivity index (χ1) is 9.47. The Morgan fingerprint density at radius 2 is 2.15 bits per heavy atom. The van der Waals surface area contributed by atoms with E-state index in [0.29, 0.717) is 19.6 Å². The standard InChI is InChI=1S/C15H21N3O2/c1-15(2)9-20-6-5-18(15)13-8-12-10(7-11(13)16)3-4-14(19)17-12/h7-8H,3-6,9,16H2,1-2H3,(H,17,19). The third kappa shape index (κ3) is 2.22. The summed E-state index contributed by atoms with van der Waals surface area (Å²) in [5, 5.41) is 2.94. The van der Waals surface area contributed by atoms with Crippen LogP contribution in [0.15, 0.2) is 12.1 Å². The van der Waals surface area contributed by atoms with E-state index in [1.807, 2.05) is 12.1 Å². The van der Waals surface area contributed by atoms with Crippen LogP contribution in [0, 0.1) is 0 Å². The Morgan fingerprint density at radius 3 is 2.90 bits per heavy atom. The SMILES string of the molecule is CC1(C)COCCN1c1cc2c(cc1N)CCC(=O)N2. The first-order valence-electron chi connectivity index (χ1n) is 7.05. The minimum Gasteiger partial charge on any atom is -0.397 e. The predicted octanol–water partition coefficient (Wildman–Crippen LogP) is 1.77. The van der Waals surface area contributed by atoms with Crippen molar-refractivity contribution in [3.63, 3.8) is 0 Å². The summed E-state index contributed by atoms with van der Waals surface area (Å²) in [6.07, 6.45) is 1.30. The summed E-state index contributed by atoms with van der Waals surface area (Å²) in [6, 6.07) is 4.00. The largest absolute Gasteiger partial charge is 0.397 e. The van der Waals surface area contributed by atoms with Crippen molar-refractivity contribution in [3.05, 3.63) is 17.7 Å². The number of benzene rings is 1. The fourth-order valence-electron chi connectivity index (χ4n) is 2.97. The molecule has 108 valence electrons. The van der Waals surface area contributed by atoms with Crippen LogP contribution in [0.3, 0.4) is 0 Å². The monoisotopic (exact) mass is 275 g/mol. The molecule has 20 heavy (non-hydrogen) atoms. The van der Waals surface area contributed by atoms with E-state index in [1.54, 1.807) is 0 Å². The van der Waals surface area contributed by atoms with Crippen LogP contribution in [0.5, 0.6) is 0 Å². The highest BCUT2D eigenvalue weighted by Crippen LogP contribution is 2.37. The molecule has 0 bridgehead atoms. The molecule has 1 aromatic carbocycles. The highest BCUT2D eigenvalue weighted by molar-refractivity contribution is 5.95. The van der Waals surface area contributed by atoms with Crippen molar-refractivity contribution >= 4 is 23.0 Å². The van der Waals surface area contributed by atoms with Crippen molar-refractivity contribution in [2.75, 3.05) is 35.7 Å². The van der Waals surface area contributed by atoms with E-state index in [4.69, 9.17) is 10.5 Å². The molecular formula is C15H21N3O2. The van der Waals surface area contributed by atoms with Gasteiger partial charge in [0.05, 0.1) is 30.1 Å². The lowest BCUT2D eigenvalue weighted by atomic mass is 9.97. The Hall–Kier alpha value is -1.75. The average Bonchev–Trinajstić information content (AvgIpc) is 2.38. The zero-order valence-electron chi connectivity index (χ0n) is 12.0. The maximum absolute atomic E-state index is 11.5. The highest BCUT2D eigenvalue weighted by Gasteiger charge is 2.32. The molecule has 1 aromatic rings. The number of amides is 1. The number of nitrogens with two attached hydrogens (primary N) is 1. The Labute approximate surface area is 119 Å². The molecule has 5 nitrogen and oxygen atoms in total. The fourth-order valence-corrected chi connectivity index (χ4v) is 2.97. The van der Waals surface area contributed by atoms with E-state index in [1.165, 1.54) is 0 Å². The quantitative estimate of drug-likeness (QED) is 0.767. The number of nitrogen functional groups attached to an aromatic ring is 1. The first kappa shape index (κ1) is 13.2. The second-order valence-corrected chi connectivity index (χ2v) is 6.13. The van der Waals surface area contributed by atoms with Crippen LogP contribution in [0.25, 0.3) is 0 Å². The summed E-state index contributed by atoms with van der Waals surface area (Å²) >= 11 is 0. The molecule has 0 atom stereocenters. The normalized spacial score (nSPS) is 21.3. The molecule has 1 fully saturated rings. The number of hydrogen-bond donors (Lipinski definition) is 2. The topological polar surface area (TPSA) is 67.6 Å². The van der Waals surface area contributed by atoms with E-state index >= 15 is 0 Å². The van der Waals surface area contributed by atoms with E-state index in [2.05, 4.69) is 24.1 Å². The maximum Gasteiger partial charge on any atom is 0.224 e. The molecular weight excluding hydrogens is 254 g/mol. The van der Waals surface area contributed by atoms with Crippen molar-refractivity contribution in [2.24, 2.45) is 0 Å². The number of anilines is 3. The number of nitrogens with zero attached hydrogens (tertiary/aromatic N) is 1. The number of nitrogens with one attached hydrogen (secondary N) is 1. The van der Waals surface area contributed by atoms with Gasteiger partial charge in [0.2, 0.25) is 5.91 Å². The molecule has 2 aliphatic rings. The van der Waals surface area contributed by atoms with Crippen LogP contribution >= 0.6 is 0 Å². The zero-order chi connectivity index (χ0) is 14.3. The number of carbonyl (C=O) groups excluding carboxylic acids is 1. The number of hydrogen-bond acceptors (Lipinski definition) is 4. The second-order valence-electron chi connectivity index (χ2n) is 6.13. The predicted molar refractivity (Wildman–Crippen MR) is 80.0 cm³/mol. The van der Waals surface area contributed by atoms with E-state index in [-0.39, 0.29) is 11.4 Å². The first-order valence-corrected chi connectivity index (χ1v) is 7.05. The lowest BCUT2D eigenvalue weighted by Crippen LogP contribution is -2.53. The highest BCUT2D eigenvalue weighted by atomic mass is 16.5. The average molecular weight is 275 g/mol. The lowest BCUT2D eigenvalue weighted by molar-refractivity contribution is -0.116. The van der Waals surface area contributed by atoms with Crippen molar-refractivity contribution in [1.82, 2.24) is 0 Å². The third-order valence-electron chi connectivity index (χ3n) is 4.08. The number of carbonyl (C=O) groups is 1. The van der Waals surface area contributed by atoms with Gasteiger partial charge in [-0.2, -0.15) is 0 Å². The molecule has 1 saturated heterocycles. The minimum atomic E-state index is -0.0979. The van der Waals surface area contributed by atoms with Gasteiger partial charge < -0.3 is 20.7 Å². The molecule has 1 amide bonds. The van der Waals surface area contributed by atoms with Crippen LogP contribution in [0.1, 0.15) is 25.8 Å². The van der Waals surface area contributed by atoms with E-state index in [9.17, 15) is 4.79 Å². The van der Waals surface area contributed by atoms with Crippen molar-refractivity contribution in [2.45, 2.75) is 32.2 Å². The number of fused-ring (bicyclic) bond motifs is 1. The number of aryl methyl sites for hydroxylation is 1. The van der Waals surface area contributed by atoms with Gasteiger partial charge in [-0.15, -0.1) is 0 Å². The van der Waals surface area contributed by atoms with Gasteiger partial charge in [0.15, 0.2) is 0 Å². The molecule has 3 N–H and O–H groups in total. The third-order valence-corrected chi connectivity index (χ3v) is 4.08. The summed E-state index contributed by atoms with van der Waals surface area (Å²) in [6.45, 7) is 6.47. The number of ether oxygens (including phenoxy) is 1. The van der Waals surface area contributed by atoms with Gasteiger partial charge in [0.25, 0.3) is 0 Å². The Balaban J connectivity index is 2.01. The van der Waals surface area contributed by atoms with E-state index in [0.717, 1.165) is 35.6 Å². The van der Waals surface area contributed by atoms with Gasteiger partial charge in [0, 0.05) is 18.7 Å². The second kappa shape index (κ2) is 4.66. The number of morpholine rings is 1. The van der Waals surface area contributed by atoms with Crippen LogP contribution in [0.2, 0.25) is 0 Å². The lowest BCUT2D eigenvalue weighted by Gasteiger charge is -2.44. The summed E-state index contributed by atoms with van der Waals surface area (Å²) in [4.78, 5) is 13.8. The maximum atomic E-state index is 11.5. The van der Waals surface area contributed by atoms with Crippen LogP contribution in [-0.2, 0) is 16.0 Å². The van der Waals surface area contributed by atoms with Crippen molar-refractivity contribution in [1.29, 1.82) is 0 Å². The Morgan fingerprint density at radius 1 is 1.35 bits per heavy atom. The van der Waals surface area contributed by atoms with Crippen LogP contribution in [0.4, 0.5) is 17.1 Å². The number of rotatable bonds is 1. The van der Waals surface area contributed by atoms with E-state index < -0.39 is 0 Å². The molecule has 0 aromatic heterocycles.